The summed E-state index contributed by atoms with van der Waals surface area (Å²) in [5.74, 6) is 1.79. The summed E-state index contributed by atoms with van der Waals surface area (Å²) < 4.78 is 10.7. The Bertz CT molecular complexity index is 442. The van der Waals surface area contributed by atoms with Gasteiger partial charge in [-0.25, -0.2) is 0 Å². The molecule has 5 heteroatoms. The number of carbonyl (C=O) groups excluding carboxylic acids is 1. The summed E-state index contributed by atoms with van der Waals surface area (Å²) in [7, 11) is 1.64. The minimum absolute atomic E-state index is 0.149. The van der Waals surface area contributed by atoms with Crippen LogP contribution in [0.25, 0.3) is 0 Å². The lowest BCUT2D eigenvalue weighted by atomic mass is 10.2. The Morgan fingerprint density at radius 1 is 1.14 bits per heavy atom. The third-order valence-electron chi connectivity index (χ3n) is 3.86. The Morgan fingerprint density at radius 2 is 1.82 bits per heavy atom. The topological polar surface area (TPSA) is 59.6 Å². The molecule has 0 bridgehead atoms. The first-order chi connectivity index (χ1) is 10.8. The quantitative estimate of drug-likeness (QED) is 0.686. The predicted octanol–water partition coefficient (Wildman–Crippen LogP) is 2.11. The molecule has 5 nitrogen and oxygen atoms in total. The molecular weight excluding hydrogens is 280 g/mol. The van der Waals surface area contributed by atoms with Crippen LogP contribution >= 0.6 is 0 Å². The van der Waals surface area contributed by atoms with E-state index in [2.05, 4.69) is 10.6 Å². The normalized spacial score (nSPS) is 14.8. The van der Waals surface area contributed by atoms with E-state index in [9.17, 15) is 4.79 Å². The van der Waals surface area contributed by atoms with Gasteiger partial charge in [0, 0.05) is 25.6 Å². The summed E-state index contributed by atoms with van der Waals surface area (Å²) >= 11 is 0. The van der Waals surface area contributed by atoms with Gasteiger partial charge in [-0.3, -0.25) is 4.79 Å². The van der Waals surface area contributed by atoms with Gasteiger partial charge in [0.25, 0.3) is 0 Å². The molecule has 0 spiro atoms. The van der Waals surface area contributed by atoms with Gasteiger partial charge in [0.15, 0.2) is 0 Å². The van der Waals surface area contributed by atoms with Gasteiger partial charge in [-0.15, -0.1) is 0 Å². The highest BCUT2D eigenvalue weighted by molar-refractivity contribution is 5.76. The number of benzene rings is 1. The van der Waals surface area contributed by atoms with Crippen LogP contribution in [0.4, 0.5) is 0 Å². The van der Waals surface area contributed by atoms with Crippen molar-refractivity contribution in [2.75, 3.05) is 26.8 Å². The number of nitrogens with one attached hydrogen (secondary N) is 2. The summed E-state index contributed by atoms with van der Waals surface area (Å²) in [5, 5.41) is 6.31. The number of hydrogen-bond donors (Lipinski definition) is 2. The maximum atomic E-state index is 11.7. The van der Waals surface area contributed by atoms with Crippen LogP contribution in [0, 0.1) is 0 Å². The summed E-state index contributed by atoms with van der Waals surface area (Å²) in [6, 6.07) is 7.92. The van der Waals surface area contributed by atoms with Crippen molar-refractivity contribution in [2.45, 2.75) is 38.1 Å². The molecule has 2 N–H and O–H groups in total. The number of methoxy groups -OCH3 is 1. The zero-order chi connectivity index (χ0) is 15.6. The van der Waals surface area contributed by atoms with E-state index in [1.54, 1.807) is 7.11 Å². The highest BCUT2D eigenvalue weighted by Crippen LogP contribution is 2.17. The first-order valence-electron chi connectivity index (χ1n) is 8.05. The van der Waals surface area contributed by atoms with Crippen molar-refractivity contribution in [3.8, 4) is 11.5 Å². The second kappa shape index (κ2) is 9.30. The Labute approximate surface area is 132 Å². The van der Waals surface area contributed by atoms with Gasteiger partial charge in [-0.05, 0) is 37.1 Å². The molecule has 1 amide bonds. The molecule has 1 aromatic rings. The van der Waals surface area contributed by atoms with Gasteiger partial charge in [0.05, 0.1) is 7.11 Å². The van der Waals surface area contributed by atoms with E-state index in [4.69, 9.17) is 9.47 Å². The summed E-state index contributed by atoms with van der Waals surface area (Å²) in [6.45, 7) is 1.99. The SMILES string of the molecule is COc1ccc(OCCNCCC(=O)NC2CCCC2)cc1. The van der Waals surface area contributed by atoms with Crippen LogP contribution in [-0.2, 0) is 4.79 Å². The van der Waals surface area contributed by atoms with Crippen LogP contribution in [0.2, 0.25) is 0 Å². The molecule has 1 saturated carbocycles. The highest BCUT2D eigenvalue weighted by atomic mass is 16.5. The molecule has 1 fully saturated rings. The number of rotatable bonds is 9. The van der Waals surface area contributed by atoms with Crippen molar-refractivity contribution >= 4 is 5.91 Å². The molecule has 0 radical (unpaired) electrons. The Kier molecular flexibility index (Phi) is 7.03. The highest BCUT2D eigenvalue weighted by Gasteiger charge is 2.16. The maximum absolute atomic E-state index is 11.7. The predicted molar refractivity (Wildman–Crippen MR) is 86.4 cm³/mol. The molecule has 22 heavy (non-hydrogen) atoms. The van der Waals surface area contributed by atoms with Crippen molar-refractivity contribution in [3.63, 3.8) is 0 Å². The van der Waals surface area contributed by atoms with Crippen molar-refractivity contribution in [1.82, 2.24) is 10.6 Å². The van der Waals surface area contributed by atoms with Crippen LogP contribution in [-0.4, -0.2) is 38.8 Å². The average molecular weight is 306 g/mol. The summed E-state index contributed by atoms with van der Waals surface area (Å²) in [4.78, 5) is 11.7. The zero-order valence-corrected chi connectivity index (χ0v) is 13.3. The second-order valence-corrected chi connectivity index (χ2v) is 5.57. The Morgan fingerprint density at radius 3 is 2.50 bits per heavy atom. The molecule has 0 saturated heterocycles. The molecule has 0 heterocycles. The van der Waals surface area contributed by atoms with Crippen molar-refractivity contribution in [3.05, 3.63) is 24.3 Å². The minimum Gasteiger partial charge on any atom is -0.497 e. The van der Waals surface area contributed by atoms with Crippen LogP contribution < -0.4 is 20.1 Å². The van der Waals surface area contributed by atoms with E-state index in [1.165, 1.54) is 12.8 Å². The number of hydrogen-bond acceptors (Lipinski definition) is 4. The lowest BCUT2D eigenvalue weighted by Gasteiger charge is -2.12. The molecule has 1 aliphatic rings. The summed E-state index contributed by atoms with van der Waals surface area (Å²) in [5.41, 5.74) is 0. The van der Waals surface area contributed by atoms with E-state index in [0.717, 1.165) is 30.9 Å². The molecule has 2 rings (SSSR count). The van der Waals surface area contributed by atoms with Crippen LogP contribution in [0.15, 0.2) is 24.3 Å². The number of carbonyl (C=O) groups is 1. The number of amides is 1. The molecule has 1 aliphatic carbocycles. The first-order valence-corrected chi connectivity index (χ1v) is 8.05. The second-order valence-electron chi connectivity index (χ2n) is 5.57. The first kappa shape index (κ1) is 16.6. The van der Waals surface area contributed by atoms with E-state index in [0.29, 0.717) is 25.6 Å². The van der Waals surface area contributed by atoms with Crippen LogP contribution in [0.1, 0.15) is 32.1 Å². The molecule has 0 atom stereocenters. The fraction of sp³-hybridized carbons (Fsp3) is 0.588. The monoisotopic (exact) mass is 306 g/mol. The Hall–Kier alpha value is -1.75. The standard InChI is InChI=1S/C17H26N2O3/c1-21-15-6-8-16(9-7-15)22-13-12-18-11-10-17(20)19-14-4-2-3-5-14/h6-9,14,18H,2-5,10-13H2,1H3,(H,19,20). The molecule has 0 aromatic heterocycles. The number of ether oxygens (including phenoxy) is 2. The van der Waals surface area contributed by atoms with E-state index in [-0.39, 0.29) is 5.91 Å². The Balaban J connectivity index is 1.49. The van der Waals surface area contributed by atoms with Crippen molar-refractivity contribution < 1.29 is 14.3 Å². The lowest BCUT2D eigenvalue weighted by Crippen LogP contribution is -2.35. The summed E-state index contributed by atoms with van der Waals surface area (Å²) in [6.07, 6.45) is 5.28. The maximum Gasteiger partial charge on any atom is 0.221 e. The third kappa shape index (κ3) is 5.93. The van der Waals surface area contributed by atoms with Crippen molar-refractivity contribution in [2.24, 2.45) is 0 Å². The van der Waals surface area contributed by atoms with Gasteiger partial charge in [-0.1, -0.05) is 12.8 Å². The zero-order valence-electron chi connectivity index (χ0n) is 13.3. The fourth-order valence-electron chi connectivity index (χ4n) is 2.61. The van der Waals surface area contributed by atoms with Gasteiger partial charge < -0.3 is 20.1 Å². The fourth-order valence-corrected chi connectivity index (χ4v) is 2.61. The van der Waals surface area contributed by atoms with Gasteiger partial charge in [0.1, 0.15) is 18.1 Å². The van der Waals surface area contributed by atoms with E-state index < -0.39 is 0 Å². The third-order valence-corrected chi connectivity index (χ3v) is 3.86. The van der Waals surface area contributed by atoms with Gasteiger partial charge in [0.2, 0.25) is 5.91 Å². The molecule has 1 aromatic carbocycles. The minimum atomic E-state index is 0.149. The van der Waals surface area contributed by atoms with Crippen molar-refractivity contribution in [1.29, 1.82) is 0 Å². The molecule has 0 aliphatic heterocycles. The van der Waals surface area contributed by atoms with Crippen LogP contribution in [0.3, 0.4) is 0 Å². The van der Waals surface area contributed by atoms with Crippen LogP contribution in [0.5, 0.6) is 11.5 Å². The molecule has 0 unspecified atom stereocenters. The lowest BCUT2D eigenvalue weighted by molar-refractivity contribution is -0.121. The molecule has 122 valence electrons. The van der Waals surface area contributed by atoms with Gasteiger partial charge >= 0.3 is 0 Å². The van der Waals surface area contributed by atoms with E-state index >= 15 is 0 Å². The largest absolute Gasteiger partial charge is 0.497 e. The van der Waals surface area contributed by atoms with Gasteiger partial charge in [-0.2, -0.15) is 0 Å². The molecular formula is C17H26N2O3. The smallest absolute Gasteiger partial charge is 0.221 e. The van der Waals surface area contributed by atoms with E-state index in [1.807, 2.05) is 24.3 Å². The average Bonchev–Trinajstić information content (AvgIpc) is 3.04.